The van der Waals surface area contributed by atoms with Crippen LogP contribution in [0.15, 0.2) is 0 Å². The normalized spacial score (nSPS) is 16.2. The Balaban J connectivity index is 5.16. The van der Waals surface area contributed by atoms with E-state index in [4.69, 9.17) is 13.6 Å². The lowest BCUT2D eigenvalue weighted by molar-refractivity contribution is -0.00754. The largest absolute Gasteiger partial charge is 0.416 e. The minimum atomic E-state index is -1.91. The Kier molecular flexibility index (Phi) is 19.5. The van der Waals surface area contributed by atoms with Gasteiger partial charge in [-0.05, 0) is 71.6 Å². The first-order valence-electron chi connectivity index (χ1n) is 16.1. The second-order valence-electron chi connectivity index (χ2n) is 14.0. The minimum absolute atomic E-state index is 0.191. The Labute approximate surface area is 257 Å². The molecule has 0 aliphatic rings. The summed E-state index contributed by atoms with van der Waals surface area (Å²) in [6.45, 7) is 33.2. The highest BCUT2D eigenvalue weighted by molar-refractivity contribution is 7.98. The molecule has 0 saturated carbocycles. The van der Waals surface area contributed by atoms with Crippen molar-refractivity contribution < 1.29 is 18.7 Å². The molecule has 4 nitrogen and oxygen atoms in total. The highest BCUT2D eigenvalue weighted by atomic mass is 32.2. The van der Waals surface area contributed by atoms with E-state index in [1.807, 2.05) is 6.26 Å². The Morgan fingerprint density at radius 1 is 0.700 bits per heavy atom. The van der Waals surface area contributed by atoms with E-state index in [-0.39, 0.29) is 12.2 Å². The van der Waals surface area contributed by atoms with Gasteiger partial charge in [-0.3, -0.25) is 0 Å². The number of hydrogen-bond donors (Lipinski definition) is 1. The average molecular weight is 617 g/mol. The number of unbranched alkanes of at least 4 members (excludes halogenated alkanes) is 1. The van der Waals surface area contributed by atoms with Crippen molar-refractivity contribution in [1.29, 1.82) is 0 Å². The van der Waals surface area contributed by atoms with Gasteiger partial charge in [0, 0.05) is 19.1 Å². The molecule has 7 heteroatoms. The van der Waals surface area contributed by atoms with Crippen LogP contribution in [0.1, 0.15) is 123 Å². The molecular formula is C33H68O4SSi2. The average Bonchev–Trinajstić information content (AvgIpc) is 2.82. The molecule has 4 atom stereocenters. The summed E-state index contributed by atoms with van der Waals surface area (Å²) < 4.78 is 19.7. The molecule has 40 heavy (non-hydrogen) atoms. The van der Waals surface area contributed by atoms with Gasteiger partial charge < -0.3 is 18.7 Å². The van der Waals surface area contributed by atoms with Gasteiger partial charge in [-0.15, -0.1) is 17.7 Å². The monoisotopic (exact) mass is 616 g/mol. The molecule has 0 unspecified atom stereocenters. The second-order valence-corrected chi connectivity index (χ2v) is 25.6. The van der Waals surface area contributed by atoms with Crippen LogP contribution in [-0.4, -0.2) is 58.9 Å². The molecule has 0 fully saturated rings. The van der Waals surface area contributed by atoms with Gasteiger partial charge >= 0.3 is 0 Å². The van der Waals surface area contributed by atoms with E-state index in [9.17, 15) is 5.11 Å². The first-order chi connectivity index (χ1) is 18.5. The molecule has 0 bridgehead atoms. The zero-order chi connectivity index (χ0) is 31.3. The van der Waals surface area contributed by atoms with Gasteiger partial charge in [0.2, 0.25) is 8.32 Å². The number of aliphatic hydroxyl groups excluding tert-OH is 1. The molecule has 0 aromatic heterocycles. The smallest absolute Gasteiger partial charge is 0.200 e. The fourth-order valence-electron chi connectivity index (χ4n) is 7.49. The highest BCUT2D eigenvalue weighted by Gasteiger charge is 2.46. The third-order valence-electron chi connectivity index (χ3n) is 8.99. The topological polar surface area (TPSA) is 47.9 Å². The Morgan fingerprint density at radius 3 is 1.60 bits per heavy atom. The van der Waals surface area contributed by atoms with Crippen molar-refractivity contribution in [3.8, 4) is 11.8 Å². The van der Waals surface area contributed by atoms with Crippen LogP contribution in [0.4, 0.5) is 0 Å². The molecule has 238 valence electrons. The Hall–Kier alpha value is 0.184. The van der Waals surface area contributed by atoms with Crippen LogP contribution in [-0.2, 0) is 13.6 Å². The van der Waals surface area contributed by atoms with Crippen molar-refractivity contribution in [2.45, 2.75) is 174 Å². The van der Waals surface area contributed by atoms with Crippen LogP contribution in [0.3, 0.4) is 0 Å². The maximum Gasteiger partial charge on any atom is 0.200 e. The van der Waals surface area contributed by atoms with Crippen LogP contribution in [0.25, 0.3) is 0 Å². The summed E-state index contributed by atoms with van der Waals surface area (Å²) in [5, 5.41) is 11.0. The number of ether oxygens (including phenoxy) is 1. The van der Waals surface area contributed by atoms with E-state index >= 15 is 0 Å². The first-order valence-corrected chi connectivity index (χ1v) is 21.8. The van der Waals surface area contributed by atoms with E-state index in [2.05, 4.69) is 109 Å². The highest BCUT2D eigenvalue weighted by Crippen LogP contribution is 2.44. The van der Waals surface area contributed by atoms with E-state index < -0.39 is 22.7 Å². The lowest BCUT2D eigenvalue weighted by Crippen LogP contribution is -2.50. The molecule has 0 heterocycles. The van der Waals surface area contributed by atoms with Crippen LogP contribution < -0.4 is 0 Å². The molecular weight excluding hydrogens is 549 g/mol. The zero-order valence-corrected chi connectivity index (χ0v) is 31.9. The van der Waals surface area contributed by atoms with Crippen LogP contribution in [0, 0.1) is 17.8 Å². The molecule has 0 spiro atoms. The summed E-state index contributed by atoms with van der Waals surface area (Å²) >= 11 is 1.64. The van der Waals surface area contributed by atoms with Gasteiger partial charge in [-0.1, -0.05) is 95.9 Å². The number of hydrogen-bond acceptors (Lipinski definition) is 5. The summed E-state index contributed by atoms with van der Waals surface area (Å²) in [6, 6.07) is 0. The van der Waals surface area contributed by atoms with Crippen molar-refractivity contribution in [1.82, 2.24) is 0 Å². The predicted octanol–water partition coefficient (Wildman–Crippen LogP) is 10.0. The fourth-order valence-corrected chi connectivity index (χ4v) is 18.9. The SMILES string of the molecule is CSCO[C@H](C[C@H](C)C[C@H](C)O[Si](C(C)C)(C(C)C)C(C)C)[C@H](O)C#CCCCO[Si](C(C)C)(C(C)C)C(C)C. The van der Waals surface area contributed by atoms with Crippen molar-refractivity contribution in [2.24, 2.45) is 5.92 Å². The van der Waals surface area contributed by atoms with Crippen molar-refractivity contribution in [3.63, 3.8) is 0 Å². The summed E-state index contributed by atoms with van der Waals surface area (Å²) in [7, 11) is -3.75. The second kappa shape index (κ2) is 19.5. The molecule has 0 aromatic carbocycles. The minimum Gasteiger partial charge on any atom is -0.416 e. The van der Waals surface area contributed by atoms with Gasteiger partial charge in [-0.25, -0.2) is 0 Å². The van der Waals surface area contributed by atoms with Crippen LogP contribution >= 0.6 is 11.8 Å². The van der Waals surface area contributed by atoms with E-state index in [1.165, 1.54) is 0 Å². The maximum atomic E-state index is 11.0. The number of rotatable bonds is 20. The van der Waals surface area contributed by atoms with Gasteiger partial charge in [0.25, 0.3) is 0 Å². The summed E-state index contributed by atoms with van der Waals surface area (Å²) in [5.74, 6) is 7.26. The third-order valence-corrected chi connectivity index (χ3v) is 21.7. The summed E-state index contributed by atoms with van der Waals surface area (Å²) in [6.07, 6.45) is 4.52. The van der Waals surface area contributed by atoms with Crippen molar-refractivity contribution >= 4 is 28.4 Å². The summed E-state index contributed by atoms with van der Waals surface area (Å²) in [4.78, 5) is 0. The van der Waals surface area contributed by atoms with Gasteiger partial charge in [0.1, 0.15) is 6.10 Å². The van der Waals surface area contributed by atoms with E-state index in [1.54, 1.807) is 11.8 Å². The third kappa shape index (κ3) is 11.7. The van der Waals surface area contributed by atoms with Gasteiger partial charge in [-0.2, -0.15) is 0 Å². The molecule has 0 saturated heterocycles. The lowest BCUT2D eigenvalue weighted by Gasteiger charge is -2.44. The predicted molar refractivity (Wildman–Crippen MR) is 183 cm³/mol. The molecule has 0 aliphatic carbocycles. The molecule has 0 radical (unpaired) electrons. The standard InChI is InChI=1S/C33H68O4SSi2/c1-24(2)39(25(3)4,26(5)6)36-20-18-16-17-19-32(34)33(35-23-38-15)22-30(13)21-31(14)37-40(27(7)8,28(9)10)29(11)12/h24-34H,16,18,20-23H2,1-15H3/t30-,31+,32-,33-/m1/s1. The molecule has 0 amide bonds. The molecule has 0 aromatic rings. The molecule has 0 rings (SSSR count). The molecule has 0 aliphatic heterocycles. The first kappa shape index (κ1) is 40.2. The van der Waals surface area contributed by atoms with Crippen LogP contribution in [0.2, 0.25) is 33.2 Å². The van der Waals surface area contributed by atoms with Crippen molar-refractivity contribution in [2.75, 3.05) is 18.8 Å². The van der Waals surface area contributed by atoms with Gasteiger partial charge in [0.05, 0.1) is 12.0 Å². The Morgan fingerprint density at radius 2 is 1.18 bits per heavy atom. The fraction of sp³-hybridized carbons (Fsp3) is 0.939. The van der Waals surface area contributed by atoms with Crippen molar-refractivity contribution in [3.05, 3.63) is 0 Å². The number of aliphatic hydroxyl groups is 1. The number of thioether (sulfide) groups is 1. The quantitative estimate of drug-likeness (QED) is 0.0638. The Bertz CT molecular complexity index is 686. The summed E-state index contributed by atoms with van der Waals surface area (Å²) in [5.41, 5.74) is 3.49. The van der Waals surface area contributed by atoms with Crippen LogP contribution in [0.5, 0.6) is 0 Å². The zero-order valence-electron chi connectivity index (χ0n) is 29.1. The maximum absolute atomic E-state index is 11.0. The van der Waals surface area contributed by atoms with E-state index in [0.717, 1.165) is 32.3 Å². The lowest BCUT2D eigenvalue weighted by atomic mass is 9.95. The molecule has 1 N–H and O–H groups in total. The van der Waals surface area contributed by atoms with E-state index in [0.29, 0.717) is 45.1 Å². The van der Waals surface area contributed by atoms with Gasteiger partial charge in [0.15, 0.2) is 8.32 Å².